The molecule has 1 unspecified atom stereocenters. The molecule has 0 spiro atoms. The molecule has 3 rings (SSSR count). The number of carboxylic acid groups (broad SMARTS) is 1. The Morgan fingerprint density at radius 1 is 1.20 bits per heavy atom. The number of thiocarbonyl (C=S) groups is 1. The molecule has 0 aliphatic carbocycles. The topological polar surface area (TPSA) is 76.1 Å². The molecule has 6 nitrogen and oxygen atoms in total. The molecule has 2 aromatic rings. The normalized spacial score (nSPS) is 16.1. The Bertz CT molecular complexity index is 990. The van der Waals surface area contributed by atoms with Gasteiger partial charge in [0.2, 0.25) is 0 Å². The minimum Gasteiger partial charge on any atom is -0.490 e. The summed E-state index contributed by atoms with van der Waals surface area (Å²) in [6, 6.07) is 14.7. The average Bonchev–Trinajstić information content (AvgIpc) is 3.00. The molecule has 1 fully saturated rings. The van der Waals surface area contributed by atoms with E-state index in [2.05, 4.69) is 0 Å². The van der Waals surface area contributed by atoms with E-state index in [4.69, 9.17) is 26.8 Å². The van der Waals surface area contributed by atoms with Crippen molar-refractivity contribution in [1.29, 1.82) is 0 Å². The van der Waals surface area contributed by atoms with Crippen molar-refractivity contribution in [1.82, 2.24) is 4.90 Å². The lowest BCUT2D eigenvalue weighted by molar-refractivity contribution is -0.139. The monoisotopic (exact) mass is 443 g/mol. The highest BCUT2D eigenvalue weighted by atomic mass is 32.2. The quantitative estimate of drug-likeness (QED) is 0.475. The molecule has 1 saturated heterocycles. The van der Waals surface area contributed by atoms with Gasteiger partial charge in [-0.05, 0) is 43.2 Å². The van der Waals surface area contributed by atoms with E-state index in [0.29, 0.717) is 27.3 Å². The van der Waals surface area contributed by atoms with Gasteiger partial charge in [0.25, 0.3) is 5.91 Å². The molecule has 0 bridgehead atoms. The van der Waals surface area contributed by atoms with E-state index in [9.17, 15) is 9.59 Å². The molecule has 30 heavy (non-hydrogen) atoms. The van der Waals surface area contributed by atoms with Crippen LogP contribution in [0, 0.1) is 0 Å². The number of amides is 1. The number of nitrogens with zero attached hydrogens (tertiary/aromatic N) is 1. The lowest BCUT2D eigenvalue weighted by Crippen LogP contribution is -2.30. The first-order valence-electron chi connectivity index (χ1n) is 9.34. The summed E-state index contributed by atoms with van der Waals surface area (Å²) in [6.45, 7) is 3.70. The van der Waals surface area contributed by atoms with Crippen LogP contribution in [0.1, 0.15) is 31.0 Å². The van der Waals surface area contributed by atoms with Gasteiger partial charge in [-0.2, -0.15) is 0 Å². The largest absolute Gasteiger partial charge is 0.490 e. The second kappa shape index (κ2) is 9.77. The highest BCUT2D eigenvalue weighted by molar-refractivity contribution is 8.26. The van der Waals surface area contributed by atoms with Gasteiger partial charge < -0.3 is 14.6 Å². The van der Waals surface area contributed by atoms with E-state index in [-0.39, 0.29) is 11.9 Å². The van der Waals surface area contributed by atoms with Crippen molar-refractivity contribution < 1.29 is 24.2 Å². The van der Waals surface area contributed by atoms with Gasteiger partial charge in [-0.15, -0.1) is 0 Å². The summed E-state index contributed by atoms with van der Waals surface area (Å²) in [7, 11) is 0. The molecule has 156 valence electrons. The fraction of sp³-hybridized carbons (Fsp3) is 0.227. The van der Waals surface area contributed by atoms with Crippen molar-refractivity contribution in [3.8, 4) is 11.5 Å². The summed E-state index contributed by atoms with van der Waals surface area (Å²) in [6.07, 6.45) is 1.75. The fourth-order valence-electron chi connectivity index (χ4n) is 2.99. The van der Waals surface area contributed by atoms with Gasteiger partial charge in [0, 0.05) is 0 Å². The smallest absolute Gasteiger partial charge is 0.341 e. The first-order chi connectivity index (χ1) is 14.4. The maximum absolute atomic E-state index is 13.0. The Balaban J connectivity index is 1.84. The van der Waals surface area contributed by atoms with Gasteiger partial charge in [0.05, 0.1) is 17.6 Å². The van der Waals surface area contributed by atoms with Crippen LogP contribution in [0.2, 0.25) is 0 Å². The summed E-state index contributed by atoms with van der Waals surface area (Å²) < 4.78 is 11.3. The van der Waals surface area contributed by atoms with Crippen LogP contribution in [0.3, 0.4) is 0 Å². The predicted octanol–water partition coefficient (Wildman–Crippen LogP) is 4.51. The van der Waals surface area contributed by atoms with E-state index in [1.54, 1.807) is 29.2 Å². The van der Waals surface area contributed by atoms with Crippen molar-refractivity contribution in [3.63, 3.8) is 0 Å². The van der Waals surface area contributed by atoms with E-state index >= 15 is 0 Å². The molecular weight excluding hydrogens is 422 g/mol. The molecule has 1 aliphatic rings. The molecule has 0 radical (unpaired) electrons. The zero-order valence-electron chi connectivity index (χ0n) is 16.5. The Kier molecular flexibility index (Phi) is 7.12. The first kappa shape index (κ1) is 21.9. The number of aliphatic carboxylic acids is 1. The fourth-order valence-corrected chi connectivity index (χ4v) is 4.41. The summed E-state index contributed by atoms with van der Waals surface area (Å²) in [5, 5.41) is 8.81. The van der Waals surface area contributed by atoms with Gasteiger partial charge in [-0.1, -0.05) is 60.4 Å². The van der Waals surface area contributed by atoms with Gasteiger partial charge in [-0.3, -0.25) is 9.69 Å². The molecule has 1 atom stereocenters. The standard InChI is InChI=1S/C22H21NO5S2/c1-3-27-18-11-15(9-10-17(18)28-13-20(24)25)12-19-21(26)23(22(29)30-19)14(2)16-7-5-4-6-8-16/h4-12,14H,3,13H2,1-2H3,(H,24,25)/b19-12+. The number of carboxylic acids is 1. The highest BCUT2D eigenvalue weighted by Gasteiger charge is 2.35. The van der Waals surface area contributed by atoms with Gasteiger partial charge in [-0.25, -0.2) is 4.79 Å². The van der Waals surface area contributed by atoms with E-state index in [1.165, 1.54) is 11.8 Å². The highest BCUT2D eigenvalue weighted by Crippen LogP contribution is 2.38. The van der Waals surface area contributed by atoms with Crippen LogP contribution in [-0.2, 0) is 9.59 Å². The van der Waals surface area contributed by atoms with E-state index in [0.717, 1.165) is 11.1 Å². The molecule has 1 amide bonds. The van der Waals surface area contributed by atoms with Crippen LogP contribution in [0.15, 0.2) is 53.4 Å². The summed E-state index contributed by atoms with van der Waals surface area (Å²) >= 11 is 6.72. The maximum atomic E-state index is 13.0. The molecule has 2 aromatic carbocycles. The van der Waals surface area contributed by atoms with Crippen LogP contribution < -0.4 is 9.47 Å². The predicted molar refractivity (Wildman–Crippen MR) is 121 cm³/mol. The van der Waals surface area contributed by atoms with Gasteiger partial charge in [0.15, 0.2) is 18.1 Å². The SMILES string of the molecule is CCOc1cc(/C=C2/SC(=S)N(C(C)c3ccccc3)C2=O)ccc1OCC(=O)O. The van der Waals surface area contributed by atoms with Crippen molar-refractivity contribution in [2.45, 2.75) is 19.9 Å². The molecule has 8 heteroatoms. The van der Waals surface area contributed by atoms with Crippen molar-refractivity contribution in [2.24, 2.45) is 0 Å². The number of hydrogen-bond acceptors (Lipinski definition) is 6. The summed E-state index contributed by atoms with van der Waals surface area (Å²) in [4.78, 5) is 25.9. The third-order valence-corrected chi connectivity index (χ3v) is 5.74. The Hall–Kier alpha value is -2.84. The van der Waals surface area contributed by atoms with Crippen LogP contribution in [-0.4, -0.2) is 39.4 Å². The van der Waals surface area contributed by atoms with Crippen LogP contribution in [0.5, 0.6) is 11.5 Å². The van der Waals surface area contributed by atoms with Crippen LogP contribution in [0.4, 0.5) is 0 Å². The second-order valence-electron chi connectivity index (χ2n) is 6.46. The average molecular weight is 444 g/mol. The lowest BCUT2D eigenvalue weighted by atomic mass is 10.1. The second-order valence-corrected chi connectivity index (χ2v) is 8.14. The van der Waals surface area contributed by atoms with Crippen molar-refractivity contribution in [2.75, 3.05) is 13.2 Å². The van der Waals surface area contributed by atoms with Crippen LogP contribution >= 0.6 is 24.0 Å². The molecule has 0 aromatic heterocycles. The zero-order chi connectivity index (χ0) is 21.7. The van der Waals surface area contributed by atoms with Gasteiger partial charge in [0.1, 0.15) is 4.32 Å². The Morgan fingerprint density at radius 3 is 2.60 bits per heavy atom. The minimum atomic E-state index is -1.07. The van der Waals surface area contributed by atoms with E-state index in [1.807, 2.05) is 44.2 Å². The summed E-state index contributed by atoms with van der Waals surface area (Å²) in [5.74, 6) is -0.467. The molecule has 1 N–H and O–H groups in total. The van der Waals surface area contributed by atoms with Crippen molar-refractivity contribution in [3.05, 3.63) is 64.6 Å². The molecule has 1 aliphatic heterocycles. The van der Waals surface area contributed by atoms with Crippen LogP contribution in [0.25, 0.3) is 6.08 Å². The lowest BCUT2D eigenvalue weighted by Gasteiger charge is -2.23. The van der Waals surface area contributed by atoms with Crippen molar-refractivity contribution >= 4 is 46.3 Å². The van der Waals surface area contributed by atoms with E-state index < -0.39 is 12.6 Å². The molecule has 1 heterocycles. The molecular formula is C22H21NO5S2. The number of hydrogen-bond donors (Lipinski definition) is 1. The van der Waals surface area contributed by atoms with Gasteiger partial charge >= 0.3 is 5.97 Å². The number of carbonyl (C=O) groups excluding carboxylic acids is 1. The minimum absolute atomic E-state index is 0.148. The Labute approximate surface area is 184 Å². The maximum Gasteiger partial charge on any atom is 0.341 e. The third-order valence-electron chi connectivity index (χ3n) is 4.41. The summed E-state index contributed by atoms with van der Waals surface area (Å²) in [5.41, 5.74) is 1.74. The number of rotatable bonds is 8. The first-order valence-corrected chi connectivity index (χ1v) is 10.6. The number of benzene rings is 2. The number of thioether (sulfide) groups is 1. The number of carbonyl (C=O) groups is 2. The molecule has 0 saturated carbocycles. The zero-order valence-corrected chi connectivity index (χ0v) is 18.2. The third kappa shape index (κ3) is 5.01. The number of ether oxygens (including phenoxy) is 2. The Morgan fingerprint density at radius 2 is 1.93 bits per heavy atom.